The maximum absolute atomic E-state index is 10.5. The molecule has 0 saturated heterocycles. The van der Waals surface area contributed by atoms with E-state index in [0.717, 1.165) is 16.5 Å². The van der Waals surface area contributed by atoms with Crippen LogP contribution in [0.4, 0.5) is 0 Å². The van der Waals surface area contributed by atoms with Crippen LogP contribution in [0.2, 0.25) is 0 Å². The van der Waals surface area contributed by atoms with Crippen molar-refractivity contribution in [3.8, 4) is 0 Å². The van der Waals surface area contributed by atoms with Gasteiger partial charge in [-0.15, -0.1) is 10.2 Å². The monoisotopic (exact) mass is 338 g/mol. The molecule has 0 aliphatic rings. The molecular formula is C11H15N4NaO3S2. The SMILES string of the molecule is Cc1cc(C)n2c(SCCCCS(=O)(=O)[O-])nnc2n1.[Na+]. The molecule has 7 nitrogen and oxygen atoms in total. The van der Waals surface area contributed by atoms with Crippen molar-refractivity contribution < 1.29 is 42.5 Å². The van der Waals surface area contributed by atoms with E-state index in [2.05, 4.69) is 15.2 Å². The third kappa shape index (κ3) is 5.50. The number of aryl methyl sites for hydroxylation is 2. The van der Waals surface area contributed by atoms with Gasteiger partial charge in [0.25, 0.3) is 5.78 Å². The zero-order chi connectivity index (χ0) is 14.8. The first kappa shape index (κ1) is 18.9. The summed E-state index contributed by atoms with van der Waals surface area (Å²) in [4.78, 5) is 4.29. The second-order valence-corrected chi connectivity index (χ2v) is 7.06. The predicted molar refractivity (Wildman–Crippen MR) is 74.8 cm³/mol. The Bertz CT molecular complexity index is 718. The minimum Gasteiger partial charge on any atom is -0.748 e. The second-order valence-electron chi connectivity index (χ2n) is 4.47. The summed E-state index contributed by atoms with van der Waals surface area (Å²) in [5, 5.41) is 8.82. The van der Waals surface area contributed by atoms with Gasteiger partial charge in [-0.05, 0) is 32.8 Å². The van der Waals surface area contributed by atoms with Crippen molar-refractivity contribution in [1.29, 1.82) is 0 Å². The Balaban J connectivity index is 0.00000220. The average molecular weight is 338 g/mol. The molecular weight excluding hydrogens is 323 g/mol. The van der Waals surface area contributed by atoms with Crippen molar-refractivity contribution in [2.24, 2.45) is 0 Å². The summed E-state index contributed by atoms with van der Waals surface area (Å²) >= 11 is 1.48. The zero-order valence-electron chi connectivity index (χ0n) is 12.2. The minimum atomic E-state index is -4.11. The fourth-order valence-corrected chi connectivity index (χ4v) is 3.38. The predicted octanol–water partition coefficient (Wildman–Crippen LogP) is -1.84. The van der Waals surface area contributed by atoms with Gasteiger partial charge in [0.05, 0.1) is 10.1 Å². The molecule has 110 valence electrons. The summed E-state index contributed by atoms with van der Waals surface area (Å²) < 4.78 is 33.3. The van der Waals surface area contributed by atoms with E-state index in [1.807, 2.05) is 24.3 Å². The van der Waals surface area contributed by atoms with Gasteiger partial charge in [0.15, 0.2) is 5.16 Å². The van der Waals surface area contributed by atoms with Gasteiger partial charge in [-0.3, -0.25) is 4.40 Å². The molecule has 0 unspecified atom stereocenters. The summed E-state index contributed by atoms with van der Waals surface area (Å²) in [5.41, 5.74) is 1.89. The van der Waals surface area contributed by atoms with Crippen molar-refractivity contribution in [1.82, 2.24) is 19.6 Å². The molecule has 0 atom stereocenters. The molecule has 0 aliphatic carbocycles. The topological polar surface area (TPSA) is 100 Å². The van der Waals surface area contributed by atoms with Crippen LogP contribution >= 0.6 is 11.8 Å². The average Bonchev–Trinajstić information content (AvgIpc) is 2.70. The summed E-state index contributed by atoms with van der Waals surface area (Å²) in [6, 6.07) is 1.95. The van der Waals surface area contributed by atoms with Crippen LogP contribution in [-0.4, -0.2) is 44.1 Å². The normalized spacial score (nSPS) is 11.6. The number of fused-ring (bicyclic) bond motifs is 1. The standard InChI is InChI=1S/C11H16N4O3S2.Na/c1-8-7-9(2)15-10(12-8)13-14-11(15)19-5-3-4-6-20(16,17)18;/h7H,3-6H2,1-2H3,(H,16,17,18);/q;+1/p-1. The summed E-state index contributed by atoms with van der Waals surface area (Å²) in [5.74, 6) is 0.935. The Kier molecular flexibility index (Phi) is 7.08. The molecule has 2 heterocycles. The molecule has 0 amide bonds. The van der Waals surface area contributed by atoms with Crippen molar-refractivity contribution >= 4 is 27.7 Å². The third-order valence-corrected chi connectivity index (χ3v) is 4.49. The number of hydrogen-bond acceptors (Lipinski definition) is 7. The van der Waals surface area contributed by atoms with Gasteiger partial charge in [-0.2, -0.15) is 0 Å². The molecule has 2 rings (SSSR count). The van der Waals surface area contributed by atoms with E-state index in [4.69, 9.17) is 0 Å². The fraction of sp³-hybridized carbons (Fsp3) is 0.545. The molecule has 0 aliphatic heterocycles. The Labute approximate surface area is 150 Å². The van der Waals surface area contributed by atoms with E-state index in [9.17, 15) is 13.0 Å². The third-order valence-electron chi connectivity index (χ3n) is 2.68. The van der Waals surface area contributed by atoms with Crippen LogP contribution in [0.1, 0.15) is 24.2 Å². The van der Waals surface area contributed by atoms with Gasteiger partial charge >= 0.3 is 29.6 Å². The van der Waals surface area contributed by atoms with Crippen LogP contribution in [0.15, 0.2) is 11.2 Å². The Morgan fingerprint density at radius 1 is 1.29 bits per heavy atom. The van der Waals surface area contributed by atoms with Gasteiger partial charge in [0.2, 0.25) is 0 Å². The van der Waals surface area contributed by atoms with E-state index < -0.39 is 10.1 Å². The first-order valence-electron chi connectivity index (χ1n) is 6.12. The van der Waals surface area contributed by atoms with Gasteiger partial charge in [0.1, 0.15) is 0 Å². The van der Waals surface area contributed by atoms with Gasteiger partial charge in [0, 0.05) is 22.9 Å². The van der Waals surface area contributed by atoms with Crippen molar-refractivity contribution in [2.45, 2.75) is 31.8 Å². The molecule has 0 radical (unpaired) electrons. The fourth-order valence-electron chi connectivity index (χ4n) is 1.84. The quantitative estimate of drug-likeness (QED) is 0.264. The van der Waals surface area contributed by atoms with E-state index in [-0.39, 0.29) is 35.3 Å². The number of hydrogen-bond donors (Lipinski definition) is 0. The number of unbranched alkanes of at least 4 members (excludes halogenated alkanes) is 1. The van der Waals surface area contributed by atoms with E-state index in [1.54, 1.807) is 0 Å². The van der Waals surface area contributed by atoms with Crippen molar-refractivity contribution in [3.63, 3.8) is 0 Å². The Hall–Kier alpha value is -0.190. The molecule has 0 spiro atoms. The van der Waals surface area contributed by atoms with Crippen LogP contribution in [0, 0.1) is 13.8 Å². The van der Waals surface area contributed by atoms with Crippen molar-refractivity contribution in [3.05, 3.63) is 17.5 Å². The zero-order valence-corrected chi connectivity index (χ0v) is 15.9. The first-order valence-corrected chi connectivity index (χ1v) is 8.69. The molecule has 0 aromatic carbocycles. The smallest absolute Gasteiger partial charge is 0.748 e. The van der Waals surface area contributed by atoms with Crippen LogP contribution in [0.25, 0.3) is 5.78 Å². The largest absolute Gasteiger partial charge is 1.00 e. The van der Waals surface area contributed by atoms with Crippen LogP contribution in [0.3, 0.4) is 0 Å². The summed E-state index contributed by atoms with van der Waals surface area (Å²) in [7, 11) is -4.11. The van der Waals surface area contributed by atoms with E-state index in [1.165, 1.54) is 11.8 Å². The maximum Gasteiger partial charge on any atom is 1.00 e. The van der Waals surface area contributed by atoms with E-state index >= 15 is 0 Å². The molecule has 10 heteroatoms. The number of rotatable bonds is 6. The van der Waals surface area contributed by atoms with Crippen LogP contribution in [0.5, 0.6) is 0 Å². The second kappa shape index (κ2) is 7.89. The molecule has 21 heavy (non-hydrogen) atoms. The number of nitrogens with zero attached hydrogens (tertiary/aromatic N) is 4. The Morgan fingerprint density at radius 3 is 2.67 bits per heavy atom. The van der Waals surface area contributed by atoms with Crippen LogP contribution in [-0.2, 0) is 10.1 Å². The molecule has 0 bridgehead atoms. The molecule has 0 fully saturated rings. The Morgan fingerprint density at radius 2 is 2.00 bits per heavy atom. The van der Waals surface area contributed by atoms with E-state index in [0.29, 0.717) is 24.4 Å². The van der Waals surface area contributed by atoms with Crippen LogP contribution < -0.4 is 29.6 Å². The first-order chi connectivity index (χ1) is 9.37. The minimum absolute atomic E-state index is 0. The summed E-state index contributed by atoms with van der Waals surface area (Å²) in [6.07, 6.45) is 1.01. The molecule has 0 saturated carbocycles. The van der Waals surface area contributed by atoms with Gasteiger partial charge in [-0.1, -0.05) is 11.8 Å². The number of aromatic nitrogens is 4. The van der Waals surface area contributed by atoms with Crippen molar-refractivity contribution in [2.75, 3.05) is 11.5 Å². The molecule has 0 N–H and O–H groups in total. The molecule has 2 aromatic heterocycles. The van der Waals surface area contributed by atoms with Gasteiger partial charge < -0.3 is 4.55 Å². The summed E-state index contributed by atoms with van der Waals surface area (Å²) in [6.45, 7) is 3.86. The molecule has 2 aromatic rings. The van der Waals surface area contributed by atoms with Gasteiger partial charge in [-0.25, -0.2) is 13.4 Å². The number of thioether (sulfide) groups is 1. The maximum atomic E-state index is 10.5.